The van der Waals surface area contributed by atoms with Crippen LogP contribution in [0.3, 0.4) is 0 Å². The number of hydrogen-bond donors (Lipinski definition) is 1. The molecule has 0 aromatic carbocycles. The number of rotatable bonds is 4. The smallest absolute Gasteiger partial charge is 0.319 e. The molecule has 1 N–H and O–H groups in total. The molecule has 1 aliphatic rings. The number of thioether (sulfide) groups is 1. The summed E-state index contributed by atoms with van der Waals surface area (Å²) in [6.45, 7) is 6.69. The van der Waals surface area contributed by atoms with Crippen LogP contribution in [0.1, 0.15) is 33.6 Å². The van der Waals surface area contributed by atoms with Gasteiger partial charge in [-0.3, -0.25) is 9.59 Å². The topological polar surface area (TPSA) is 57.6 Å². The van der Waals surface area contributed by atoms with E-state index in [0.717, 1.165) is 25.9 Å². The van der Waals surface area contributed by atoms with Crippen LogP contribution in [0, 0.1) is 0 Å². The monoisotopic (exact) mass is 245 g/mol. The van der Waals surface area contributed by atoms with Gasteiger partial charge < -0.3 is 10.0 Å². The first-order valence-corrected chi connectivity index (χ1v) is 6.42. The van der Waals surface area contributed by atoms with Crippen molar-refractivity contribution in [1.29, 1.82) is 0 Å². The van der Waals surface area contributed by atoms with E-state index in [1.807, 2.05) is 4.90 Å². The zero-order chi connectivity index (χ0) is 12.3. The van der Waals surface area contributed by atoms with E-state index in [-0.39, 0.29) is 11.2 Å². The normalized spacial score (nSPS) is 18.6. The predicted molar refractivity (Wildman–Crippen MR) is 64.6 cm³/mol. The van der Waals surface area contributed by atoms with Gasteiger partial charge in [0.2, 0.25) is 5.91 Å². The van der Waals surface area contributed by atoms with Gasteiger partial charge in [0.1, 0.15) is 4.75 Å². The number of amides is 1. The highest BCUT2D eigenvalue weighted by atomic mass is 32.2. The van der Waals surface area contributed by atoms with Crippen LogP contribution < -0.4 is 0 Å². The molecule has 1 aliphatic heterocycles. The lowest BCUT2D eigenvalue weighted by molar-refractivity contribution is -0.138. The molecule has 0 saturated carbocycles. The van der Waals surface area contributed by atoms with Crippen molar-refractivity contribution >= 4 is 23.6 Å². The summed E-state index contributed by atoms with van der Waals surface area (Å²) in [6, 6.07) is 0. The van der Waals surface area contributed by atoms with E-state index in [2.05, 4.69) is 0 Å². The molecule has 16 heavy (non-hydrogen) atoms. The van der Waals surface area contributed by atoms with Crippen molar-refractivity contribution in [3.8, 4) is 0 Å². The highest BCUT2D eigenvalue weighted by Gasteiger charge is 2.34. The van der Waals surface area contributed by atoms with E-state index in [4.69, 9.17) is 5.11 Å². The van der Waals surface area contributed by atoms with Crippen molar-refractivity contribution in [3.63, 3.8) is 0 Å². The molecule has 0 aromatic heterocycles. The first kappa shape index (κ1) is 13.4. The second kappa shape index (κ2) is 5.08. The van der Waals surface area contributed by atoms with E-state index in [1.165, 1.54) is 11.8 Å². The van der Waals surface area contributed by atoms with E-state index in [9.17, 15) is 9.59 Å². The Morgan fingerprint density at radius 1 is 1.31 bits per heavy atom. The molecule has 1 atom stereocenters. The standard InChI is InChI=1S/C11H19NO3S/c1-8(16-11(2,3)10(14)15)9(13)12-6-4-5-7-12/h8H,4-7H2,1-3H3,(H,14,15). The highest BCUT2D eigenvalue weighted by molar-refractivity contribution is 8.02. The third-order valence-electron chi connectivity index (χ3n) is 2.75. The van der Waals surface area contributed by atoms with Crippen molar-refractivity contribution in [2.24, 2.45) is 0 Å². The SMILES string of the molecule is CC(SC(C)(C)C(=O)O)C(=O)N1CCCC1. The lowest BCUT2D eigenvalue weighted by Gasteiger charge is -2.25. The van der Waals surface area contributed by atoms with Gasteiger partial charge in [0.15, 0.2) is 0 Å². The summed E-state index contributed by atoms with van der Waals surface area (Å²) in [4.78, 5) is 24.7. The molecule has 1 fully saturated rings. The maximum Gasteiger partial charge on any atom is 0.319 e. The van der Waals surface area contributed by atoms with Crippen LogP contribution in [0.25, 0.3) is 0 Å². The zero-order valence-electron chi connectivity index (χ0n) is 10.0. The molecule has 1 amide bonds. The molecule has 0 bridgehead atoms. The van der Waals surface area contributed by atoms with Gasteiger partial charge in [0, 0.05) is 13.1 Å². The van der Waals surface area contributed by atoms with Crippen molar-refractivity contribution in [2.45, 2.75) is 43.6 Å². The van der Waals surface area contributed by atoms with Crippen molar-refractivity contribution in [1.82, 2.24) is 4.90 Å². The van der Waals surface area contributed by atoms with Crippen LogP contribution >= 0.6 is 11.8 Å². The molecule has 1 unspecified atom stereocenters. The summed E-state index contributed by atoms with van der Waals surface area (Å²) in [5.74, 6) is -0.810. The average Bonchev–Trinajstić information content (AvgIpc) is 2.68. The fourth-order valence-corrected chi connectivity index (χ4v) is 2.97. The Morgan fingerprint density at radius 3 is 2.25 bits per heavy atom. The quantitative estimate of drug-likeness (QED) is 0.817. The maximum atomic E-state index is 12.0. The Morgan fingerprint density at radius 2 is 1.81 bits per heavy atom. The Bertz CT molecular complexity index is 285. The molecule has 1 rings (SSSR count). The average molecular weight is 245 g/mol. The van der Waals surface area contributed by atoms with Crippen molar-refractivity contribution < 1.29 is 14.7 Å². The van der Waals surface area contributed by atoms with E-state index in [0.29, 0.717) is 0 Å². The highest BCUT2D eigenvalue weighted by Crippen LogP contribution is 2.30. The summed E-state index contributed by atoms with van der Waals surface area (Å²) in [5.41, 5.74) is 0. The minimum absolute atomic E-state index is 0.0665. The predicted octanol–water partition coefficient (Wildman–Crippen LogP) is 1.59. The second-order valence-electron chi connectivity index (χ2n) is 4.61. The van der Waals surface area contributed by atoms with Crippen LogP contribution in [-0.2, 0) is 9.59 Å². The van der Waals surface area contributed by atoms with Gasteiger partial charge in [-0.15, -0.1) is 11.8 Å². The van der Waals surface area contributed by atoms with Gasteiger partial charge in [-0.1, -0.05) is 0 Å². The molecular weight excluding hydrogens is 226 g/mol. The number of likely N-dealkylation sites (tertiary alicyclic amines) is 1. The third-order valence-corrected chi connectivity index (χ3v) is 4.07. The molecule has 1 saturated heterocycles. The van der Waals surface area contributed by atoms with Gasteiger partial charge in [-0.25, -0.2) is 0 Å². The second-order valence-corrected chi connectivity index (χ2v) is 6.57. The van der Waals surface area contributed by atoms with E-state index >= 15 is 0 Å². The number of carboxylic acids is 1. The summed E-state index contributed by atoms with van der Waals surface area (Å²) in [6.07, 6.45) is 2.12. The minimum Gasteiger partial charge on any atom is -0.480 e. The van der Waals surface area contributed by atoms with Gasteiger partial charge in [-0.2, -0.15) is 0 Å². The van der Waals surface area contributed by atoms with Crippen molar-refractivity contribution in [3.05, 3.63) is 0 Å². The number of nitrogens with zero attached hydrogens (tertiary/aromatic N) is 1. The van der Waals surface area contributed by atoms with Crippen molar-refractivity contribution in [2.75, 3.05) is 13.1 Å². The first-order chi connectivity index (χ1) is 7.34. The zero-order valence-corrected chi connectivity index (χ0v) is 10.8. The molecular formula is C11H19NO3S. The largest absolute Gasteiger partial charge is 0.480 e. The van der Waals surface area contributed by atoms with Gasteiger partial charge in [0.05, 0.1) is 5.25 Å². The van der Waals surface area contributed by atoms with Gasteiger partial charge >= 0.3 is 5.97 Å². The van der Waals surface area contributed by atoms with Gasteiger partial charge in [-0.05, 0) is 33.6 Å². The van der Waals surface area contributed by atoms with Crippen LogP contribution in [-0.4, -0.2) is 45.0 Å². The van der Waals surface area contributed by atoms with Crippen LogP contribution in [0.4, 0.5) is 0 Å². The summed E-state index contributed by atoms with van der Waals surface area (Å²) in [5, 5.41) is 8.70. The lowest BCUT2D eigenvalue weighted by Crippen LogP contribution is -2.38. The maximum absolute atomic E-state index is 12.0. The van der Waals surface area contributed by atoms with Crippen LogP contribution in [0.2, 0.25) is 0 Å². The summed E-state index contributed by atoms with van der Waals surface area (Å²) in [7, 11) is 0. The molecule has 5 heteroatoms. The Hall–Kier alpha value is -0.710. The fraction of sp³-hybridized carbons (Fsp3) is 0.818. The molecule has 0 spiro atoms. The number of aliphatic carboxylic acids is 1. The van der Waals surface area contributed by atoms with E-state index < -0.39 is 10.7 Å². The van der Waals surface area contributed by atoms with Gasteiger partial charge in [0.25, 0.3) is 0 Å². The molecule has 4 nitrogen and oxygen atoms in total. The molecule has 0 radical (unpaired) electrons. The third kappa shape index (κ3) is 3.14. The summed E-state index contributed by atoms with van der Waals surface area (Å²) >= 11 is 1.21. The fourth-order valence-electron chi connectivity index (χ4n) is 1.74. The van der Waals surface area contributed by atoms with E-state index in [1.54, 1.807) is 20.8 Å². The molecule has 0 aliphatic carbocycles. The number of carbonyl (C=O) groups is 2. The minimum atomic E-state index is -0.908. The Kier molecular flexibility index (Phi) is 4.24. The molecule has 92 valence electrons. The number of hydrogen-bond acceptors (Lipinski definition) is 3. The Labute approximate surface area is 100 Å². The number of carboxylic acid groups (broad SMARTS) is 1. The van der Waals surface area contributed by atoms with Crippen LogP contribution in [0.15, 0.2) is 0 Å². The number of carbonyl (C=O) groups excluding carboxylic acids is 1. The van der Waals surface area contributed by atoms with Crippen LogP contribution in [0.5, 0.6) is 0 Å². The lowest BCUT2D eigenvalue weighted by atomic mass is 10.2. The summed E-state index contributed by atoms with van der Waals surface area (Å²) < 4.78 is -0.908. The first-order valence-electron chi connectivity index (χ1n) is 5.54. The Balaban J connectivity index is 2.54. The molecule has 0 aromatic rings. The molecule has 1 heterocycles.